The second kappa shape index (κ2) is 14.5. The summed E-state index contributed by atoms with van der Waals surface area (Å²) in [7, 11) is -4.09. The summed E-state index contributed by atoms with van der Waals surface area (Å²) in [6.45, 7) is 5.65. The van der Waals surface area contributed by atoms with Gasteiger partial charge in [0.25, 0.3) is 10.0 Å². The molecule has 0 unspecified atom stereocenters. The van der Waals surface area contributed by atoms with E-state index in [9.17, 15) is 18.0 Å². The van der Waals surface area contributed by atoms with E-state index < -0.39 is 28.5 Å². The fourth-order valence-corrected chi connectivity index (χ4v) is 7.12. The number of sulfonamides is 1. The molecule has 0 saturated heterocycles. The van der Waals surface area contributed by atoms with Crippen molar-refractivity contribution >= 4 is 27.5 Å². The quantitative estimate of drug-likeness (QED) is 0.279. The maximum Gasteiger partial charge on any atom is 0.264 e. The average Bonchev–Trinajstić information content (AvgIpc) is 3.51. The van der Waals surface area contributed by atoms with Gasteiger partial charge in [-0.2, -0.15) is 0 Å². The van der Waals surface area contributed by atoms with Crippen LogP contribution in [0.1, 0.15) is 62.6 Å². The first-order chi connectivity index (χ1) is 20.2. The van der Waals surface area contributed by atoms with Gasteiger partial charge in [0.15, 0.2) is 0 Å². The van der Waals surface area contributed by atoms with Crippen LogP contribution >= 0.6 is 0 Å². The summed E-state index contributed by atoms with van der Waals surface area (Å²) < 4.78 is 29.5. The fraction of sp³-hybridized carbons (Fsp3) is 0.412. The molecular formula is C34H43N3O4S. The molecular weight excluding hydrogens is 546 g/mol. The lowest BCUT2D eigenvalue weighted by molar-refractivity contribution is -0.139. The highest BCUT2D eigenvalue weighted by Gasteiger charge is 2.34. The molecule has 2 amide bonds. The Balaban J connectivity index is 1.70. The minimum atomic E-state index is -4.09. The predicted molar refractivity (Wildman–Crippen MR) is 168 cm³/mol. The van der Waals surface area contributed by atoms with E-state index in [4.69, 9.17) is 0 Å². The third-order valence-electron chi connectivity index (χ3n) is 8.10. The molecule has 3 aromatic rings. The van der Waals surface area contributed by atoms with Crippen molar-refractivity contribution in [1.82, 2.24) is 10.2 Å². The normalized spacial score (nSPS) is 14.4. The minimum Gasteiger partial charge on any atom is -0.352 e. The van der Waals surface area contributed by atoms with Crippen LogP contribution in [0.5, 0.6) is 0 Å². The number of carbonyl (C=O) groups excluding carboxylic acids is 2. The van der Waals surface area contributed by atoms with Crippen molar-refractivity contribution in [3.63, 3.8) is 0 Å². The molecule has 1 aliphatic rings. The summed E-state index contributed by atoms with van der Waals surface area (Å²) in [4.78, 5) is 29.5. The van der Waals surface area contributed by atoms with Crippen molar-refractivity contribution < 1.29 is 18.0 Å². The number of amides is 2. The average molecular weight is 590 g/mol. The van der Waals surface area contributed by atoms with E-state index in [2.05, 4.69) is 5.32 Å². The van der Waals surface area contributed by atoms with Crippen molar-refractivity contribution in [1.29, 1.82) is 0 Å². The zero-order chi connectivity index (χ0) is 30.1. The van der Waals surface area contributed by atoms with E-state index in [0.29, 0.717) is 31.5 Å². The molecule has 1 atom stereocenters. The van der Waals surface area contributed by atoms with Gasteiger partial charge in [0, 0.05) is 12.6 Å². The van der Waals surface area contributed by atoms with Crippen LogP contribution in [0.3, 0.4) is 0 Å². The standard InChI is InChI=1S/C34H43N3O4S/c1-4-28-15-9-12-18-32(28)37(42(40,41)30-21-19-26(3)20-22-30)25-33(38)36(24-23-27-13-7-6-8-14-27)31(5-2)34(39)35-29-16-10-11-17-29/h6-9,12-15,18-22,29,31H,4-5,10-11,16-17,23-25H2,1-3H3,(H,35,39)/t31-/m0/s1. The Morgan fingerprint density at radius 1 is 0.905 bits per heavy atom. The number of nitrogens with zero attached hydrogens (tertiary/aromatic N) is 2. The van der Waals surface area contributed by atoms with Crippen molar-refractivity contribution in [2.75, 3.05) is 17.4 Å². The van der Waals surface area contributed by atoms with Gasteiger partial charge in [-0.05, 0) is 68.4 Å². The molecule has 0 heterocycles. The van der Waals surface area contributed by atoms with E-state index in [1.165, 1.54) is 4.31 Å². The molecule has 1 aliphatic carbocycles. The lowest BCUT2D eigenvalue weighted by Gasteiger charge is -2.34. The monoisotopic (exact) mass is 589 g/mol. The summed E-state index contributed by atoms with van der Waals surface area (Å²) >= 11 is 0. The smallest absolute Gasteiger partial charge is 0.264 e. The molecule has 3 aromatic carbocycles. The van der Waals surface area contributed by atoms with Crippen LogP contribution in [0.2, 0.25) is 0 Å². The van der Waals surface area contributed by atoms with E-state index in [1.807, 2.05) is 63.2 Å². The number of nitrogens with one attached hydrogen (secondary N) is 1. The van der Waals surface area contributed by atoms with Gasteiger partial charge < -0.3 is 10.2 Å². The summed E-state index contributed by atoms with van der Waals surface area (Å²) in [5, 5.41) is 3.16. The van der Waals surface area contributed by atoms with Crippen molar-refractivity contribution in [3.05, 3.63) is 95.6 Å². The highest BCUT2D eigenvalue weighted by Crippen LogP contribution is 2.28. The summed E-state index contributed by atoms with van der Waals surface area (Å²) in [5.74, 6) is -0.575. The molecule has 0 spiro atoms. The Morgan fingerprint density at radius 3 is 2.19 bits per heavy atom. The number of aryl methyl sites for hydroxylation is 2. The Kier molecular flexibility index (Phi) is 10.8. The minimum absolute atomic E-state index is 0.118. The summed E-state index contributed by atoms with van der Waals surface area (Å²) in [6, 6.07) is 23.2. The molecule has 0 bridgehead atoms. The van der Waals surface area contributed by atoms with Gasteiger partial charge in [-0.25, -0.2) is 8.42 Å². The number of benzene rings is 3. The first-order valence-electron chi connectivity index (χ1n) is 15.1. The van der Waals surface area contributed by atoms with Gasteiger partial charge in [-0.3, -0.25) is 13.9 Å². The van der Waals surface area contributed by atoms with Gasteiger partial charge in [0.1, 0.15) is 12.6 Å². The van der Waals surface area contributed by atoms with Crippen molar-refractivity contribution in [2.45, 2.75) is 82.7 Å². The lowest BCUT2D eigenvalue weighted by Crippen LogP contribution is -2.54. The second-order valence-corrected chi connectivity index (χ2v) is 12.9. The zero-order valence-electron chi connectivity index (χ0n) is 25.0. The molecule has 0 radical (unpaired) electrons. The molecule has 0 aromatic heterocycles. The van der Waals surface area contributed by atoms with Gasteiger partial charge in [-0.15, -0.1) is 0 Å². The predicted octanol–water partition coefficient (Wildman–Crippen LogP) is 5.66. The highest BCUT2D eigenvalue weighted by molar-refractivity contribution is 7.92. The molecule has 4 rings (SSSR count). The number of hydrogen-bond acceptors (Lipinski definition) is 4. The highest BCUT2D eigenvalue weighted by atomic mass is 32.2. The van der Waals surface area contributed by atoms with Crippen LogP contribution in [0.25, 0.3) is 0 Å². The molecule has 1 saturated carbocycles. The van der Waals surface area contributed by atoms with Crippen LogP contribution in [0, 0.1) is 6.92 Å². The number of rotatable bonds is 13. The van der Waals surface area contributed by atoms with Crippen LogP contribution < -0.4 is 9.62 Å². The fourth-order valence-electron chi connectivity index (χ4n) is 5.67. The number of anilines is 1. The van der Waals surface area contributed by atoms with Crippen molar-refractivity contribution in [3.8, 4) is 0 Å². The number of para-hydroxylation sites is 1. The van der Waals surface area contributed by atoms with Gasteiger partial charge in [0.05, 0.1) is 10.6 Å². The Bertz CT molecular complexity index is 1440. The Hall–Kier alpha value is -3.65. The maximum atomic E-state index is 14.3. The largest absolute Gasteiger partial charge is 0.352 e. The van der Waals surface area contributed by atoms with Crippen LogP contribution in [-0.2, 0) is 32.5 Å². The van der Waals surface area contributed by atoms with E-state index in [-0.39, 0.29) is 16.8 Å². The summed E-state index contributed by atoms with van der Waals surface area (Å²) in [5.41, 5.74) is 3.28. The molecule has 8 heteroatoms. The van der Waals surface area contributed by atoms with E-state index >= 15 is 0 Å². The molecule has 1 N–H and O–H groups in total. The molecule has 224 valence electrons. The Morgan fingerprint density at radius 2 is 1.55 bits per heavy atom. The van der Waals surface area contributed by atoms with Crippen LogP contribution in [0.15, 0.2) is 83.8 Å². The number of hydrogen-bond donors (Lipinski definition) is 1. The SMILES string of the molecule is CCc1ccccc1N(CC(=O)N(CCc1ccccc1)[C@@H](CC)C(=O)NC1CCCC1)S(=O)(=O)c1ccc(C)cc1. The zero-order valence-corrected chi connectivity index (χ0v) is 25.8. The third kappa shape index (κ3) is 7.59. The molecule has 0 aliphatic heterocycles. The van der Waals surface area contributed by atoms with Crippen LogP contribution in [-0.4, -0.2) is 50.3 Å². The second-order valence-electron chi connectivity index (χ2n) is 11.0. The maximum absolute atomic E-state index is 14.3. The lowest BCUT2D eigenvalue weighted by atomic mass is 10.1. The van der Waals surface area contributed by atoms with Gasteiger partial charge in [-0.1, -0.05) is 92.9 Å². The summed E-state index contributed by atoms with van der Waals surface area (Å²) in [6.07, 6.45) is 5.63. The first kappa shape index (κ1) is 31.3. The topological polar surface area (TPSA) is 86.8 Å². The van der Waals surface area contributed by atoms with E-state index in [0.717, 1.165) is 42.4 Å². The molecule has 7 nitrogen and oxygen atoms in total. The molecule has 1 fully saturated rings. The van der Waals surface area contributed by atoms with Crippen LogP contribution in [0.4, 0.5) is 5.69 Å². The molecule has 42 heavy (non-hydrogen) atoms. The number of carbonyl (C=O) groups is 2. The third-order valence-corrected chi connectivity index (χ3v) is 9.87. The Labute approximate surface area is 251 Å². The van der Waals surface area contributed by atoms with Crippen molar-refractivity contribution in [2.24, 2.45) is 0 Å². The first-order valence-corrected chi connectivity index (χ1v) is 16.5. The van der Waals surface area contributed by atoms with Gasteiger partial charge in [0.2, 0.25) is 11.8 Å². The van der Waals surface area contributed by atoms with E-state index in [1.54, 1.807) is 41.3 Å². The van der Waals surface area contributed by atoms with Gasteiger partial charge >= 0.3 is 0 Å².